The van der Waals surface area contributed by atoms with Crippen molar-refractivity contribution in [1.82, 2.24) is 0 Å². The summed E-state index contributed by atoms with van der Waals surface area (Å²) in [4.78, 5) is 11.7. The van der Waals surface area contributed by atoms with Crippen LogP contribution in [-0.2, 0) is 4.74 Å². The van der Waals surface area contributed by atoms with Crippen LogP contribution < -0.4 is 0 Å². The molecule has 1 fully saturated rings. The Hall–Kier alpha value is -1.22. The smallest absolute Gasteiger partial charge is 0.165 e. The van der Waals surface area contributed by atoms with Gasteiger partial charge in [-0.25, -0.2) is 4.39 Å². The highest BCUT2D eigenvalue weighted by molar-refractivity contribution is 5.96. The average Bonchev–Trinajstić information content (AvgIpc) is 2.83. The number of Topliss-reactive ketones (excluding diaryl/α,β-unsaturated/α-hetero) is 1. The summed E-state index contributed by atoms with van der Waals surface area (Å²) >= 11 is 0. The van der Waals surface area contributed by atoms with Crippen molar-refractivity contribution in [1.29, 1.82) is 0 Å². The van der Waals surface area contributed by atoms with Crippen LogP contribution >= 0.6 is 0 Å². The molecule has 2 rings (SSSR count). The van der Waals surface area contributed by atoms with Gasteiger partial charge in [-0.1, -0.05) is 12.8 Å². The van der Waals surface area contributed by atoms with E-state index in [-0.39, 0.29) is 11.6 Å². The topological polar surface area (TPSA) is 26.3 Å². The summed E-state index contributed by atoms with van der Waals surface area (Å²) in [5.41, 5.74) is 0.557. The summed E-state index contributed by atoms with van der Waals surface area (Å²) in [7, 11) is 0. The van der Waals surface area contributed by atoms with Gasteiger partial charge in [0.25, 0.3) is 0 Å². The van der Waals surface area contributed by atoms with Gasteiger partial charge in [0.05, 0.1) is 12.7 Å². The molecule has 0 heterocycles. The van der Waals surface area contributed by atoms with Crippen molar-refractivity contribution in [2.45, 2.75) is 38.2 Å². The fourth-order valence-corrected chi connectivity index (χ4v) is 2.15. The van der Waals surface area contributed by atoms with Crippen LogP contribution in [0.4, 0.5) is 4.39 Å². The molecule has 0 unspecified atom stereocenters. The highest BCUT2D eigenvalue weighted by Crippen LogP contribution is 2.21. The Morgan fingerprint density at radius 2 is 1.88 bits per heavy atom. The van der Waals surface area contributed by atoms with Crippen molar-refractivity contribution >= 4 is 5.78 Å². The van der Waals surface area contributed by atoms with Crippen molar-refractivity contribution in [3.63, 3.8) is 0 Å². The van der Waals surface area contributed by atoms with E-state index in [1.807, 2.05) is 0 Å². The van der Waals surface area contributed by atoms with E-state index < -0.39 is 0 Å². The lowest BCUT2D eigenvalue weighted by Crippen LogP contribution is -2.11. The third-order valence-corrected chi connectivity index (χ3v) is 3.15. The molecule has 1 aromatic carbocycles. The highest BCUT2D eigenvalue weighted by atomic mass is 19.1. The Morgan fingerprint density at radius 3 is 2.53 bits per heavy atom. The molecule has 0 N–H and O–H groups in total. The summed E-state index contributed by atoms with van der Waals surface area (Å²) < 4.78 is 18.3. The van der Waals surface area contributed by atoms with E-state index in [4.69, 9.17) is 4.74 Å². The molecule has 0 aromatic heterocycles. The first-order valence-corrected chi connectivity index (χ1v) is 6.16. The number of benzene rings is 1. The van der Waals surface area contributed by atoms with Gasteiger partial charge in [-0.05, 0) is 37.1 Å². The Balaban J connectivity index is 1.75. The van der Waals surface area contributed by atoms with Gasteiger partial charge in [0, 0.05) is 12.0 Å². The van der Waals surface area contributed by atoms with Crippen LogP contribution in [0.5, 0.6) is 0 Å². The number of carbonyl (C=O) groups excluding carboxylic acids is 1. The Labute approximate surface area is 101 Å². The summed E-state index contributed by atoms with van der Waals surface area (Å²) in [6.45, 7) is 0.473. The van der Waals surface area contributed by atoms with E-state index in [2.05, 4.69) is 0 Å². The zero-order chi connectivity index (χ0) is 12.1. The fraction of sp³-hybridized carbons (Fsp3) is 0.500. The number of halogens is 1. The lowest BCUT2D eigenvalue weighted by molar-refractivity contribution is 0.0531. The standard InChI is InChI=1S/C14H17FO2/c15-12-7-5-11(6-8-12)14(16)9-10-17-13-3-1-2-4-13/h5-8,13H,1-4,9-10H2. The van der Waals surface area contributed by atoms with Crippen molar-refractivity contribution in [3.05, 3.63) is 35.6 Å². The number of ketones is 1. The van der Waals surface area contributed by atoms with Gasteiger partial charge in [0.1, 0.15) is 5.82 Å². The number of hydrogen-bond acceptors (Lipinski definition) is 2. The number of hydrogen-bond donors (Lipinski definition) is 0. The fourth-order valence-electron chi connectivity index (χ4n) is 2.15. The normalized spacial score (nSPS) is 16.3. The van der Waals surface area contributed by atoms with Gasteiger partial charge < -0.3 is 4.74 Å². The van der Waals surface area contributed by atoms with Crippen LogP contribution in [-0.4, -0.2) is 18.5 Å². The molecule has 1 saturated carbocycles. The first-order valence-electron chi connectivity index (χ1n) is 6.16. The number of rotatable bonds is 5. The Bertz CT molecular complexity index is 366. The predicted molar refractivity (Wildman–Crippen MR) is 63.6 cm³/mol. The van der Waals surface area contributed by atoms with E-state index in [0.29, 0.717) is 24.7 Å². The second kappa shape index (κ2) is 5.92. The molecule has 1 aliphatic rings. The minimum Gasteiger partial charge on any atom is -0.378 e. The minimum atomic E-state index is -0.316. The van der Waals surface area contributed by atoms with E-state index in [0.717, 1.165) is 12.8 Å². The predicted octanol–water partition coefficient (Wildman–Crippen LogP) is 3.36. The summed E-state index contributed by atoms with van der Waals surface area (Å²) in [5.74, 6) is -0.299. The number of carbonyl (C=O) groups is 1. The van der Waals surface area contributed by atoms with Gasteiger partial charge in [0.2, 0.25) is 0 Å². The maximum absolute atomic E-state index is 12.7. The zero-order valence-corrected chi connectivity index (χ0v) is 9.82. The Morgan fingerprint density at radius 1 is 1.24 bits per heavy atom. The molecular weight excluding hydrogens is 219 g/mol. The second-order valence-corrected chi connectivity index (χ2v) is 4.46. The van der Waals surface area contributed by atoms with Crippen LogP contribution in [0.25, 0.3) is 0 Å². The SMILES string of the molecule is O=C(CCOC1CCCC1)c1ccc(F)cc1. The third kappa shape index (κ3) is 3.63. The van der Waals surface area contributed by atoms with Gasteiger partial charge >= 0.3 is 0 Å². The maximum Gasteiger partial charge on any atom is 0.165 e. The van der Waals surface area contributed by atoms with Gasteiger partial charge in [-0.15, -0.1) is 0 Å². The zero-order valence-electron chi connectivity index (χ0n) is 9.82. The summed E-state index contributed by atoms with van der Waals surface area (Å²) in [5, 5.41) is 0. The molecule has 0 atom stereocenters. The molecule has 1 aromatic rings. The third-order valence-electron chi connectivity index (χ3n) is 3.15. The Kier molecular flexibility index (Phi) is 4.26. The molecule has 92 valence electrons. The molecule has 0 aliphatic heterocycles. The molecule has 0 bridgehead atoms. The largest absolute Gasteiger partial charge is 0.378 e. The van der Waals surface area contributed by atoms with E-state index in [1.165, 1.54) is 37.1 Å². The molecule has 0 saturated heterocycles. The van der Waals surface area contributed by atoms with Crippen LogP contribution in [0.3, 0.4) is 0 Å². The van der Waals surface area contributed by atoms with E-state index >= 15 is 0 Å². The molecule has 2 nitrogen and oxygen atoms in total. The van der Waals surface area contributed by atoms with Crippen molar-refractivity contribution in [3.8, 4) is 0 Å². The van der Waals surface area contributed by atoms with Gasteiger partial charge in [0.15, 0.2) is 5.78 Å². The summed E-state index contributed by atoms with van der Waals surface area (Å²) in [6.07, 6.45) is 5.42. The van der Waals surface area contributed by atoms with Crippen molar-refractivity contribution in [2.75, 3.05) is 6.61 Å². The lowest BCUT2D eigenvalue weighted by atomic mass is 10.1. The van der Waals surface area contributed by atoms with Crippen LogP contribution in [0.2, 0.25) is 0 Å². The van der Waals surface area contributed by atoms with Gasteiger partial charge in [-0.2, -0.15) is 0 Å². The summed E-state index contributed by atoms with van der Waals surface area (Å²) in [6, 6.07) is 5.66. The lowest BCUT2D eigenvalue weighted by Gasteiger charge is -2.10. The van der Waals surface area contributed by atoms with Crippen molar-refractivity contribution in [2.24, 2.45) is 0 Å². The average molecular weight is 236 g/mol. The first kappa shape index (κ1) is 12.2. The van der Waals surface area contributed by atoms with E-state index in [1.54, 1.807) is 0 Å². The van der Waals surface area contributed by atoms with E-state index in [9.17, 15) is 9.18 Å². The molecule has 17 heavy (non-hydrogen) atoms. The second-order valence-electron chi connectivity index (χ2n) is 4.46. The van der Waals surface area contributed by atoms with Crippen molar-refractivity contribution < 1.29 is 13.9 Å². The van der Waals surface area contributed by atoms with Crippen LogP contribution in [0.15, 0.2) is 24.3 Å². The molecule has 3 heteroatoms. The van der Waals surface area contributed by atoms with Crippen LogP contribution in [0.1, 0.15) is 42.5 Å². The first-order chi connectivity index (χ1) is 8.25. The van der Waals surface area contributed by atoms with Crippen LogP contribution in [0, 0.1) is 5.82 Å². The number of ether oxygens (including phenoxy) is 1. The minimum absolute atomic E-state index is 0.0167. The molecule has 0 spiro atoms. The van der Waals surface area contributed by atoms with Gasteiger partial charge in [-0.3, -0.25) is 4.79 Å². The maximum atomic E-state index is 12.7. The molecular formula is C14H17FO2. The molecule has 0 radical (unpaired) electrons. The quantitative estimate of drug-likeness (QED) is 0.733. The molecule has 1 aliphatic carbocycles. The highest BCUT2D eigenvalue weighted by Gasteiger charge is 2.15. The monoisotopic (exact) mass is 236 g/mol. The molecule has 0 amide bonds.